The van der Waals surface area contributed by atoms with Crippen molar-refractivity contribution in [2.24, 2.45) is 0 Å². The van der Waals surface area contributed by atoms with Gasteiger partial charge >= 0.3 is 5.97 Å². The molecule has 2 N–H and O–H groups in total. The molecule has 11 heavy (non-hydrogen) atoms. The third kappa shape index (κ3) is 1.12. The lowest BCUT2D eigenvalue weighted by Gasteiger charge is -1.86. The van der Waals surface area contributed by atoms with Crippen LogP contribution in [0.4, 0.5) is 0 Å². The third-order valence-corrected chi connectivity index (χ3v) is 1.59. The highest BCUT2D eigenvalue weighted by molar-refractivity contribution is 5.84. The van der Waals surface area contributed by atoms with Crippen molar-refractivity contribution >= 4 is 5.97 Å². The number of carboxylic acids is 1. The minimum Gasteiger partial charge on any atom is -0.475 e. The smallest absolute Gasteiger partial charge is 0.371 e. The van der Waals surface area contributed by atoms with Crippen LogP contribution in [-0.2, 0) is 0 Å². The summed E-state index contributed by atoms with van der Waals surface area (Å²) in [5.74, 6) is -0.298. The van der Waals surface area contributed by atoms with E-state index < -0.39 is 5.97 Å². The molecule has 0 aliphatic carbocycles. The second-order valence-electron chi connectivity index (χ2n) is 2.47. The number of furan rings is 1. The first-order chi connectivity index (χ1) is 5.27. The summed E-state index contributed by atoms with van der Waals surface area (Å²) < 4.78 is 5.01. The van der Waals surface area contributed by atoms with Gasteiger partial charge in [-0.3, -0.25) is 0 Å². The van der Waals surface area contributed by atoms with Crippen LogP contribution in [0.2, 0.25) is 0 Å². The topological polar surface area (TPSA) is 72.4 Å². The van der Waals surface area contributed by atoms with Crippen LogP contribution in [0.5, 0.6) is 0 Å². The zero-order valence-electron chi connectivity index (χ0n) is 5.70. The first kappa shape index (κ1) is 6.42. The number of aromatic carboxylic acids is 1. The molecule has 0 unspecified atom stereocenters. The van der Waals surface area contributed by atoms with E-state index in [2.05, 4.69) is 5.32 Å². The number of nitrogens with one attached hydrogen (secondary N) is 1. The van der Waals surface area contributed by atoms with Crippen LogP contribution in [0.25, 0.3) is 0 Å². The molecule has 1 atom stereocenters. The molecule has 58 valence electrons. The van der Waals surface area contributed by atoms with Crippen LogP contribution in [0.1, 0.15) is 22.4 Å². The van der Waals surface area contributed by atoms with Crippen molar-refractivity contribution in [3.63, 3.8) is 0 Å². The van der Waals surface area contributed by atoms with Gasteiger partial charge in [0.15, 0.2) is 0 Å². The molecule has 1 fully saturated rings. The molecular formula is C7H7NO3. The first-order valence-corrected chi connectivity index (χ1v) is 3.34. The Morgan fingerprint density at radius 2 is 2.45 bits per heavy atom. The van der Waals surface area contributed by atoms with E-state index in [0.29, 0.717) is 5.76 Å². The molecule has 0 radical (unpaired) electrons. The molecule has 2 rings (SSSR count). The molecule has 0 spiro atoms. The van der Waals surface area contributed by atoms with Gasteiger partial charge in [0, 0.05) is 6.54 Å². The van der Waals surface area contributed by atoms with Gasteiger partial charge in [-0.25, -0.2) is 4.79 Å². The Kier molecular flexibility index (Phi) is 1.22. The number of hydrogen-bond acceptors (Lipinski definition) is 3. The Hall–Kier alpha value is -1.29. The fourth-order valence-electron chi connectivity index (χ4n) is 0.915. The zero-order chi connectivity index (χ0) is 7.84. The van der Waals surface area contributed by atoms with E-state index in [-0.39, 0.29) is 11.8 Å². The Balaban J connectivity index is 2.25. The Bertz CT molecular complexity index is 288. The predicted molar refractivity (Wildman–Crippen MR) is 36.4 cm³/mol. The lowest BCUT2D eigenvalue weighted by molar-refractivity contribution is 0.0660. The zero-order valence-corrected chi connectivity index (χ0v) is 5.70. The Morgan fingerprint density at radius 3 is 2.91 bits per heavy atom. The van der Waals surface area contributed by atoms with Gasteiger partial charge in [0.2, 0.25) is 5.76 Å². The summed E-state index contributed by atoms with van der Waals surface area (Å²) >= 11 is 0. The quantitative estimate of drug-likeness (QED) is 0.611. The maximum absolute atomic E-state index is 10.3. The minimum absolute atomic E-state index is 0.00806. The summed E-state index contributed by atoms with van der Waals surface area (Å²) in [7, 11) is 0. The summed E-state index contributed by atoms with van der Waals surface area (Å²) in [5.41, 5.74) is 0. The van der Waals surface area contributed by atoms with Crippen LogP contribution in [0, 0.1) is 0 Å². The first-order valence-electron chi connectivity index (χ1n) is 3.34. The molecule has 1 aromatic rings. The normalized spacial score (nSPS) is 21.6. The molecule has 0 amide bonds. The van der Waals surface area contributed by atoms with E-state index in [1.54, 1.807) is 6.07 Å². The highest BCUT2D eigenvalue weighted by Crippen LogP contribution is 2.23. The second kappa shape index (κ2) is 2.10. The molecule has 0 saturated carbocycles. The fraction of sp³-hybridized carbons (Fsp3) is 0.286. The van der Waals surface area contributed by atoms with Gasteiger partial charge in [0.25, 0.3) is 0 Å². The minimum atomic E-state index is -1.02. The van der Waals surface area contributed by atoms with Gasteiger partial charge in [-0.05, 0) is 12.1 Å². The molecule has 1 aromatic heterocycles. The molecule has 1 aliphatic heterocycles. The van der Waals surface area contributed by atoms with E-state index in [1.807, 2.05) is 0 Å². The predicted octanol–water partition coefficient (Wildman–Crippen LogP) is 0.622. The molecule has 4 nitrogen and oxygen atoms in total. The van der Waals surface area contributed by atoms with Gasteiger partial charge in [-0.2, -0.15) is 0 Å². The second-order valence-corrected chi connectivity index (χ2v) is 2.47. The number of hydrogen-bond donors (Lipinski definition) is 2. The van der Waals surface area contributed by atoms with Crippen molar-refractivity contribution in [3.05, 3.63) is 23.7 Å². The molecule has 1 aliphatic rings. The van der Waals surface area contributed by atoms with Crippen molar-refractivity contribution in [3.8, 4) is 0 Å². The average Bonchev–Trinajstić information content (AvgIpc) is 2.68. The molecule has 0 aromatic carbocycles. The van der Waals surface area contributed by atoms with Gasteiger partial charge in [0.1, 0.15) is 5.76 Å². The highest BCUT2D eigenvalue weighted by Gasteiger charge is 2.26. The van der Waals surface area contributed by atoms with Crippen molar-refractivity contribution < 1.29 is 14.3 Å². The van der Waals surface area contributed by atoms with E-state index in [0.717, 1.165) is 6.54 Å². The lowest BCUT2D eigenvalue weighted by Crippen LogP contribution is -1.91. The van der Waals surface area contributed by atoms with Crippen LogP contribution >= 0.6 is 0 Å². The standard InChI is InChI=1S/C7H7NO3/c9-7(10)6-2-1-5(11-6)4-3-8-4/h1-2,4,8H,3H2,(H,9,10)/t4-/m1/s1. The molecule has 0 bridgehead atoms. The van der Waals surface area contributed by atoms with Gasteiger partial charge in [-0.1, -0.05) is 0 Å². The summed E-state index contributed by atoms with van der Waals surface area (Å²) in [6.07, 6.45) is 0. The van der Waals surface area contributed by atoms with Crippen molar-refractivity contribution in [1.82, 2.24) is 5.32 Å². The maximum Gasteiger partial charge on any atom is 0.371 e. The maximum atomic E-state index is 10.3. The van der Waals surface area contributed by atoms with E-state index >= 15 is 0 Å². The Labute approximate surface area is 62.8 Å². The molecule has 4 heteroatoms. The average molecular weight is 153 g/mol. The third-order valence-electron chi connectivity index (χ3n) is 1.59. The van der Waals surface area contributed by atoms with Crippen LogP contribution in [0.3, 0.4) is 0 Å². The monoisotopic (exact) mass is 153 g/mol. The van der Waals surface area contributed by atoms with Crippen molar-refractivity contribution in [2.75, 3.05) is 6.54 Å². The summed E-state index contributed by atoms with van der Waals surface area (Å²) in [6, 6.07) is 3.40. The summed E-state index contributed by atoms with van der Waals surface area (Å²) in [4.78, 5) is 10.3. The van der Waals surface area contributed by atoms with Crippen LogP contribution in [0.15, 0.2) is 16.5 Å². The number of carbonyl (C=O) groups is 1. The summed E-state index contributed by atoms with van der Waals surface area (Å²) in [6.45, 7) is 0.882. The van der Waals surface area contributed by atoms with E-state index in [9.17, 15) is 4.79 Å². The Morgan fingerprint density at radius 1 is 1.73 bits per heavy atom. The largest absolute Gasteiger partial charge is 0.475 e. The van der Waals surface area contributed by atoms with Crippen molar-refractivity contribution in [2.45, 2.75) is 6.04 Å². The van der Waals surface area contributed by atoms with E-state index in [4.69, 9.17) is 9.52 Å². The van der Waals surface area contributed by atoms with Crippen LogP contribution < -0.4 is 5.32 Å². The number of rotatable bonds is 2. The molecule has 1 saturated heterocycles. The van der Waals surface area contributed by atoms with Gasteiger partial charge < -0.3 is 14.8 Å². The summed E-state index contributed by atoms with van der Waals surface area (Å²) in [5, 5.41) is 11.5. The van der Waals surface area contributed by atoms with Gasteiger partial charge in [-0.15, -0.1) is 0 Å². The molecular weight excluding hydrogens is 146 g/mol. The van der Waals surface area contributed by atoms with E-state index in [1.165, 1.54) is 6.07 Å². The van der Waals surface area contributed by atoms with Crippen molar-refractivity contribution in [1.29, 1.82) is 0 Å². The fourth-order valence-corrected chi connectivity index (χ4v) is 0.915. The lowest BCUT2D eigenvalue weighted by atomic mass is 10.3. The SMILES string of the molecule is O=C(O)c1ccc([C@H]2CN2)o1. The highest BCUT2D eigenvalue weighted by atomic mass is 16.4. The molecule has 2 heterocycles. The van der Waals surface area contributed by atoms with Crippen LogP contribution in [-0.4, -0.2) is 17.6 Å². The number of carboxylic acid groups (broad SMARTS) is 1. The van der Waals surface area contributed by atoms with Gasteiger partial charge in [0.05, 0.1) is 6.04 Å².